The highest BCUT2D eigenvalue weighted by atomic mass is 16.5. The van der Waals surface area contributed by atoms with Gasteiger partial charge in [-0.2, -0.15) is 0 Å². The zero-order valence-corrected chi connectivity index (χ0v) is 16.4. The van der Waals surface area contributed by atoms with Crippen molar-refractivity contribution in [2.24, 2.45) is 5.92 Å². The first-order valence-corrected chi connectivity index (χ1v) is 9.45. The Kier molecular flexibility index (Phi) is 4.87. The fourth-order valence-electron chi connectivity index (χ4n) is 4.40. The van der Waals surface area contributed by atoms with Crippen LogP contribution in [0.25, 0.3) is 0 Å². The lowest BCUT2D eigenvalue weighted by atomic mass is 9.77. The zero-order chi connectivity index (χ0) is 19.0. The van der Waals surface area contributed by atoms with Crippen molar-refractivity contribution in [2.75, 3.05) is 33.3 Å². The fraction of sp³-hybridized carbons (Fsp3) is 0.455. The molecule has 2 heterocycles. The second kappa shape index (κ2) is 7.31. The van der Waals surface area contributed by atoms with Gasteiger partial charge in [-0.3, -0.25) is 0 Å². The quantitative estimate of drug-likeness (QED) is 0.850. The second-order valence-electron chi connectivity index (χ2n) is 7.27. The molecule has 0 radical (unpaired) electrons. The molecule has 3 atom stereocenters. The molecule has 27 heavy (non-hydrogen) atoms. The molecule has 0 saturated carbocycles. The number of ether oxygens (including phenoxy) is 4. The van der Waals surface area contributed by atoms with E-state index in [4.69, 9.17) is 18.9 Å². The van der Waals surface area contributed by atoms with Crippen LogP contribution >= 0.6 is 0 Å². The van der Waals surface area contributed by atoms with E-state index in [9.17, 15) is 0 Å². The average Bonchev–Trinajstić information content (AvgIpc) is 2.72. The van der Waals surface area contributed by atoms with E-state index >= 15 is 0 Å². The fourth-order valence-corrected chi connectivity index (χ4v) is 4.40. The second-order valence-corrected chi connectivity index (χ2v) is 7.27. The van der Waals surface area contributed by atoms with Crippen molar-refractivity contribution in [3.63, 3.8) is 0 Å². The van der Waals surface area contributed by atoms with E-state index in [0.29, 0.717) is 23.2 Å². The standard InChI is InChI=1S/C22H27NO4/c1-13-7-8-17-16(10-13)21-15(6-5-9-27-21)20(23-17)14-11-18(24-2)22(26-4)19(12-14)25-3/h7-8,10-12,15,20-21,23H,5-6,9H2,1-4H3. The summed E-state index contributed by atoms with van der Waals surface area (Å²) in [7, 11) is 4.93. The first kappa shape index (κ1) is 18.0. The molecule has 1 saturated heterocycles. The molecule has 0 aromatic heterocycles. The number of rotatable bonds is 4. The van der Waals surface area contributed by atoms with Gasteiger partial charge in [0.15, 0.2) is 11.5 Å². The lowest BCUT2D eigenvalue weighted by Crippen LogP contribution is -2.36. The summed E-state index contributed by atoms with van der Waals surface area (Å²) in [5.74, 6) is 2.33. The lowest BCUT2D eigenvalue weighted by molar-refractivity contribution is -0.0382. The van der Waals surface area contributed by atoms with Crippen molar-refractivity contribution in [3.8, 4) is 17.2 Å². The summed E-state index contributed by atoms with van der Waals surface area (Å²) < 4.78 is 22.9. The summed E-state index contributed by atoms with van der Waals surface area (Å²) >= 11 is 0. The molecule has 5 heteroatoms. The predicted molar refractivity (Wildman–Crippen MR) is 105 cm³/mol. The van der Waals surface area contributed by atoms with Crippen LogP contribution in [0.5, 0.6) is 17.2 Å². The number of aryl methyl sites for hydroxylation is 1. The van der Waals surface area contributed by atoms with E-state index in [2.05, 4.69) is 30.4 Å². The maximum atomic E-state index is 6.25. The monoisotopic (exact) mass is 369 g/mol. The van der Waals surface area contributed by atoms with Crippen LogP contribution in [0.4, 0.5) is 5.69 Å². The van der Waals surface area contributed by atoms with Crippen LogP contribution in [-0.4, -0.2) is 27.9 Å². The van der Waals surface area contributed by atoms with Crippen molar-refractivity contribution in [1.29, 1.82) is 0 Å². The van der Waals surface area contributed by atoms with Gasteiger partial charge in [-0.25, -0.2) is 0 Å². The Balaban J connectivity index is 1.80. The molecule has 0 aliphatic carbocycles. The number of hydrogen-bond donors (Lipinski definition) is 1. The molecule has 3 unspecified atom stereocenters. The van der Waals surface area contributed by atoms with Crippen LogP contribution in [0, 0.1) is 12.8 Å². The number of nitrogens with one attached hydrogen (secondary N) is 1. The van der Waals surface area contributed by atoms with Crippen LogP contribution in [0.3, 0.4) is 0 Å². The van der Waals surface area contributed by atoms with Gasteiger partial charge in [-0.1, -0.05) is 17.7 Å². The molecule has 2 aromatic rings. The van der Waals surface area contributed by atoms with Gasteiger partial charge in [0.1, 0.15) is 0 Å². The van der Waals surface area contributed by atoms with Crippen molar-refractivity contribution in [2.45, 2.75) is 31.9 Å². The van der Waals surface area contributed by atoms with Crippen molar-refractivity contribution < 1.29 is 18.9 Å². The van der Waals surface area contributed by atoms with Gasteiger partial charge in [-0.15, -0.1) is 0 Å². The van der Waals surface area contributed by atoms with E-state index < -0.39 is 0 Å². The molecule has 144 valence electrons. The Bertz CT molecular complexity index is 810. The first-order chi connectivity index (χ1) is 13.2. The maximum absolute atomic E-state index is 6.25. The van der Waals surface area contributed by atoms with Gasteiger partial charge < -0.3 is 24.3 Å². The smallest absolute Gasteiger partial charge is 0.203 e. The van der Waals surface area contributed by atoms with Crippen molar-refractivity contribution >= 4 is 5.69 Å². The van der Waals surface area contributed by atoms with Gasteiger partial charge in [0.25, 0.3) is 0 Å². The van der Waals surface area contributed by atoms with Crippen molar-refractivity contribution in [1.82, 2.24) is 0 Å². The van der Waals surface area contributed by atoms with E-state index in [-0.39, 0.29) is 12.1 Å². The van der Waals surface area contributed by atoms with Gasteiger partial charge >= 0.3 is 0 Å². The van der Waals surface area contributed by atoms with Gasteiger partial charge in [-0.05, 0) is 43.5 Å². The number of anilines is 1. The molecule has 0 spiro atoms. The lowest BCUT2D eigenvalue weighted by Gasteiger charge is -2.43. The molecule has 0 bridgehead atoms. The van der Waals surface area contributed by atoms with E-state index in [1.54, 1.807) is 21.3 Å². The Labute approximate surface area is 160 Å². The third-order valence-electron chi connectivity index (χ3n) is 5.67. The number of fused-ring (bicyclic) bond motifs is 3. The first-order valence-electron chi connectivity index (χ1n) is 9.45. The predicted octanol–water partition coefficient (Wildman–Crippen LogP) is 4.66. The van der Waals surface area contributed by atoms with Gasteiger partial charge in [0.2, 0.25) is 5.75 Å². The highest BCUT2D eigenvalue weighted by Gasteiger charge is 2.40. The molecule has 4 rings (SSSR count). The molecule has 2 aliphatic rings. The molecule has 2 aromatic carbocycles. The Morgan fingerprint density at radius 1 is 1.00 bits per heavy atom. The van der Waals surface area contributed by atoms with Crippen LogP contribution < -0.4 is 19.5 Å². The molecule has 0 amide bonds. The van der Waals surface area contributed by atoms with Crippen LogP contribution in [-0.2, 0) is 4.74 Å². The Hall–Kier alpha value is -2.40. The Morgan fingerprint density at radius 2 is 1.74 bits per heavy atom. The number of methoxy groups -OCH3 is 3. The van der Waals surface area contributed by atoms with Crippen LogP contribution in [0.15, 0.2) is 30.3 Å². The minimum Gasteiger partial charge on any atom is -0.493 e. The summed E-state index contributed by atoms with van der Waals surface area (Å²) in [6.07, 6.45) is 2.30. The summed E-state index contributed by atoms with van der Waals surface area (Å²) in [6, 6.07) is 10.8. The summed E-state index contributed by atoms with van der Waals surface area (Å²) in [5.41, 5.74) is 4.79. The minimum atomic E-state index is 0.110. The highest BCUT2D eigenvalue weighted by molar-refractivity contribution is 5.60. The zero-order valence-electron chi connectivity index (χ0n) is 16.4. The topological polar surface area (TPSA) is 49.0 Å². The maximum Gasteiger partial charge on any atom is 0.203 e. The van der Waals surface area contributed by atoms with Crippen molar-refractivity contribution in [3.05, 3.63) is 47.0 Å². The highest BCUT2D eigenvalue weighted by Crippen LogP contribution is 2.51. The SMILES string of the molecule is COc1cc(C2Nc3ccc(C)cc3C3OCCCC23)cc(OC)c1OC. The Morgan fingerprint density at radius 3 is 2.41 bits per heavy atom. The minimum absolute atomic E-state index is 0.110. The summed E-state index contributed by atoms with van der Waals surface area (Å²) in [5, 5.41) is 3.75. The number of benzene rings is 2. The third kappa shape index (κ3) is 3.10. The van der Waals surface area contributed by atoms with Crippen LogP contribution in [0.2, 0.25) is 0 Å². The molecular formula is C22H27NO4. The van der Waals surface area contributed by atoms with Gasteiger partial charge in [0, 0.05) is 23.8 Å². The largest absolute Gasteiger partial charge is 0.493 e. The molecule has 1 fully saturated rings. The van der Waals surface area contributed by atoms with Gasteiger partial charge in [0.05, 0.1) is 33.5 Å². The molecule has 5 nitrogen and oxygen atoms in total. The van der Waals surface area contributed by atoms with E-state index in [0.717, 1.165) is 30.7 Å². The number of hydrogen-bond acceptors (Lipinski definition) is 5. The normalized spacial score (nSPS) is 23.6. The summed E-state index contributed by atoms with van der Waals surface area (Å²) in [6.45, 7) is 2.94. The van der Waals surface area contributed by atoms with E-state index in [1.165, 1.54) is 11.1 Å². The molecular weight excluding hydrogens is 342 g/mol. The average molecular weight is 369 g/mol. The van der Waals surface area contributed by atoms with Crippen LogP contribution in [0.1, 0.15) is 41.7 Å². The molecule has 1 N–H and O–H groups in total. The van der Waals surface area contributed by atoms with E-state index in [1.807, 2.05) is 12.1 Å². The third-order valence-corrected chi connectivity index (χ3v) is 5.67. The molecule has 2 aliphatic heterocycles. The summed E-state index contributed by atoms with van der Waals surface area (Å²) in [4.78, 5) is 0.